The number of H-pyrrole nitrogens is 1. The van der Waals surface area contributed by atoms with Crippen molar-refractivity contribution in [2.45, 2.75) is 0 Å². The third-order valence-corrected chi connectivity index (χ3v) is 6.51. The van der Waals surface area contributed by atoms with Gasteiger partial charge in [-0.1, -0.05) is 78.9 Å². The first-order valence-electron chi connectivity index (χ1n) is 11.0. The molecule has 32 heavy (non-hydrogen) atoms. The summed E-state index contributed by atoms with van der Waals surface area (Å²) in [5.41, 5.74) is 8.44. The lowest BCUT2D eigenvalue weighted by atomic mass is 10.0. The molecule has 0 unspecified atom stereocenters. The number of hydrogen-bond donors (Lipinski definition) is 1. The first kappa shape index (κ1) is 17.4. The van der Waals surface area contributed by atoms with E-state index in [1.807, 2.05) is 0 Å². The summed E-state index contributed by atoms with van der Waals surface area (Å²) in [6.07, 6.45) is 0. The van der Waals surface area contributed by atoms with Crippen LogP contribution in [0.5, 0.6) is 0 Å². The molecule has 0 aliphatic rings. The number of aromatic nitrogens is 2. The molecule has 7 aromatic rings. The highest BCUT2D eigenvalue weighted by Gasteiger charge is 2.15. The predicted octanol–water partition coefficient (Wildman–Crippen LogP) is 8.09. The molecule has 0 saturated heterocycles. The van der Waals surface area contributed by atoms with Crippen molar-refractivity contribution < 1.29 is 0 Å². The van der Waals surface area contributed by atoms with E-state index in [1.165, 1.54) is 54.9 Å². The van der Waals surface area contributed by atoms with Crippen molar-refractivity contribution in [1.82, 2.24) is 9.55 Å². The predicted molar refractivity (Wildman–Crippen MR) is 136 cm³/mol. The fourth-order valence-electron chi connectivity index (χ4n) is 5.03. The summed E-state index contributed by atoms with van der Waals surface area (Å²) in [5.74, 6) is 0. The molecule has 2 nitrogen and oxygen atoms in total. The Morgan fingerprint density at radius 2 is 1.16 bits per heavy atom. The van der Waals surface area contributed by atoms with Gasteiger partial charge in [-0.05, 0) is 47.5 Å². The fraction of sp³-hybridized carbons (Fsp3) is 0. The topological polar surface area (TPSA) is 20.7 Å². The third kappa shape index (κ3) is 2.47. The summed E-state index contributed by atoms with van der Waals surface area (Å²) in [4.78, 5) is 3.69. The summed E-state index contributed by atoms with van der Waals surface area (Å²) >= 11 is 0. The van der Waals surface area contributed by atoms with Gasteiger partial charge >= 0.3 is 0 Å². The van der Waals surface area contributed by atoms with Crippen molar-refractivity contribution in [3.63, 3.8) is 0 Å². The lowest BCUT2D eigenvalue weighted by Gasteiger charge is -2.07. The minimum absolute atomic E-state index is 1.16. The molecular formula is C30H20N2. The Morgan fingerprint density at radius 3 is 2.00 bits per heavy atom. The van der Waals surface area contributed by atoms with Gasteiger partial charge in [-0.2, -0.15) is 0 Å². The number of nitrogens with one attached hydrogen (secondary N) is 1. The van der Waals surface area contributed by atoms with Gasteiger partial charge in [-0.25, -0.2) is 0 Å². The first-order chi connectivity index (χ1) is 15.9. The minimum Gasteiger partial charge on any atom is -0.354 e. The zero-order valence-electron chi connectivity index (χ0n) is 17.4. The monoisotopic (exact) mass is 408 g/mol. The molecule has 0 fully saturated rings. The van der Waals surface area contributed by atoms with Crippen LogP contribution in [0, 0.1) is 0 Å². The molecule has 0 aliphatic heterocycles. The van der Waals surface area contributed by atoms with Crippen LogP contribution in [0.1, 0.15) is 0 Å². The van der Waals surface area contributed by atoms with E-state index >= 15 is 0 Å². The van der Waals surface area contributed by atoms with Gasteiger partial charge in [0.05, 0.1) is 11.0 Å². The number of para-hydroxylation sites is 2. The summed E-state index contributed by atoms with van der Waals surface area (Å²) in [5, 5.41) is 5.09. The van der Waals surface area contributed by atoms with E-state index in [2.05, 4.69) is 125 Å². The highest BCUT2D eigenvalue weighted by atomic mass is 15.0. The number of fused-ring (bicyclic) bond motifs is 6. The van der Waals surface area contributed by atoms with Crippen molar-refractivity contribution in [1.29, 1.82) is 0 Å². The molecule has 0 amide bonds. The minimum atomic E-state index is 1.16. The Balaban J connectivity index is 1.55. The van der Waals surface area contributed by atoms with Crippen molar-refractivity contribution in [3.8, 4) is 16.8 Å². The highest BCUT2D eigenvalue weighted by Crippen LogP contribution is 2.37. The molecule has 2 aromatic heterocycles. The van der Waals surface area contributed by atoms with Gasteiger partial charge in [0.15, 0.2) is 0 Å². The second-order valence-electron chi connectivity index (χ2n) is 8.35. The van der Waals surface area contributed by atoms with Crippen LogP contribution in [-0.4, -0.2) is 9.55 Å². The maximum Gasteiger partial charge on any atom is 0.0562 e. The number of benzene rings is 5. The SMILES string of the molecule is c1ccc(-c2ccc3c(c2)[nH]c2cc4c(cc23)c2ccccc2n4-c2ccccc2)cc1. The zero-order valence-corrected chi connectivity index (χ0v) is 17.4. The molecule has 150 valence electrons. The van der Waals surface area contributed by atoms with Crippen molar-refractivity contribution in [2.24, 2.45) is 0 Å². The molecule has 0 atom stereocenters. The van der Waals surface area contributed by atoms with Crippen LogP contribution in [0.2, 0.25) is 0 Å². The maximum atomic E-state index is 3.69. The van der Waals surface area contributed by atoms with E-state index in [0.29, 0.717) is 0 Å². The molecule has 0 spiro atoms. The van der Waals surface area contributed by atoms with E-state index in [9.17, 15) is 0 Å². The van der Waals surface area contributed by atoms with Crippen LogP contribution >= 0.6 is 0 Å². The van der Waals surface area contributed by atoms with Gasteiger partial charge in [0, 0.05) is 38.3 Å². The zero-order chi connectivity index (χ0) is 21.1. The lowest BCUT2D eigenvalue weighted by molar-refractivity contribution is 1.18. The molecule has 0 saturated carbocycles. The Kier molecular flexibility index (Phi) is 3.58. The van der Waals surface area contributed by atoms with E-state index in [0.717, 1.165) is 5.52 Å². The Morgan fingerprint density at radius 1 is 0.438 bits per heavy atom. The smallest absolute Gasteiger partial charge is 0.0562 e. The second kappa shape index (κ2) is 6.60. The molecule has 2 heterocycles. The van der Waals surface area contributed by atoms with Gasteiger partial charge in [-0.3, -0.25) is 0 Å². The summed E-state index contributed by atoms with van der Waals surface area (Å²) in [6.45, 7) is 0. The molecule has 2 heteroatoms. The fourth-order valence-corrected chi connectivity index (χ4v) is 5.03. The molecular weight excluding hydrogens is 388 g/mol. The molecule has 1 N–H and O–H groups in total. The van der Waals surface area contributed by atoms with Gasteiger partial charge < -0.3 is 9.55 Å². The van der Waals surface area contributed by atoms with Crippen LogP contribution in [0.3, 0.4) is 0 Å². The van der Waals surface area contributed by atoms with E-state index in [4.69, 9.17) is 0 Å². The van der Waals surface area contributed by atoms with Crippen molar-refractivity contribution in [2.75, 3.05) is 0 Å². The summed E-state index contributed by atoms with van der Waals surface area (Å²) < 4.78 is 2.37. The maximum absolute atomic E-state index is 3.69. The van der Waals surface area contributed by atoms with E-state index < -0.39 is 0 Å². The summed E-state index contributed by atoms with van der Waals surface area (Å²) in [7, 11) is 0. The number of hydrogen-bond acceptors (Lipinski definition) is 0. The van der Waals surface area contributed by atoms with Crippen LogP contribution < -0.4 is 0 Å². The molecule has 5 aromatic carbocycles. The standard InChI is InChI=1S/C30H20N2/c1-3-9-20(10-4-1)21-15-16-23-25-18-26-24-13-7-8-14-29(24)32(22-11-5-2-6-12-22)30(26)19-28(25)31-27(23)17-21/h1-19,31H. The van der Waals surface area contributed by atoms with E-state index in [1.54, 1.807) is 0 Å². The van der Waals surface area contributed by atoms with Crippen LogP contribution in [0.15, 0.2) is 115 Å². The van der Waals surface area contributed by atoms with Gasteiger partial charge in [0.1, 0.15) is 0 Å². The first-order valence-corrected chi connectivity index (χ1v) is 11.0. The number of rotatable bonds is 2. The quantitative estimate of drug-likeness (QED) is 0.298. The third-order valence-electron chi connectivity index (χ3n) is 6.51. The van der Waals surface area contributed by atoms with Crippen molar-refractivity contribution >= 4 is 43.6 Å². The molecule has 0 aliphatic carbocycles. The highest BCUT2D eigenvalue weighted by molar-refractivity contribution is 6.18. The van der Waals surface area contributed by atoms with Crippen LogP contribution in [0.4, 0.5) is 0 Å². The lowest BCUT2D eigenvalue weighted by Crippen LogP contribution is -1.92. The molecule has 7 rings (SSSR count). The number of aromatic amines is 1. The van der Waals surface area contributed by atoms with Gasteiger partial charge in [-0.15, -0.1) is 0 Å². The molecule has 0 radical (unpaired) electrons. The normalized spacial score (nSPS) is 11.8. The van der Waals surface area contributed by atoms with E-state index in [-0.39, 0.29) is 0 Å². The number of nitrogens with zero attached hydrogens (tertiary/aromatic N) is 1. The van der Waals surface area contributed by atoms with Gasteiger partial charge in [0.2, 0.25) is 0 Å². The Hall–Kier alpha value is -4.30. The van der Waals surface area contributed by atoms with Crippen LogP contribution in [-0.2, 0) is 0 Å². The molecule has 0 bridgehead atoms. The van der Waals surface area contributed by atoms with Crippen LogP contribution in [0.25, 0.3) is 60.4 Å². The Bertz CT molecular complexity index is 1750. The average molecular weight is 409 g/mol. The Labute approximate surface area is 185 Å². The second-order valence-corrected chi connectivity index (χ2v) is 8.35. The summed E-state index contributed by atoms with van der Waals surface area (Å²) in [6, 6.07) is 41.2. The average Bonchev–Trinajstić information content (AvgIpc) is 3.38. The van der Waals surface area contributed by atoms with Crippen molar-refractivity contribution in [3.05, 3.63) is 115 Å². The largest absolute Gasteiger partial charge is 0.354 e. The van der Waals surface area contributed by atoms with Gasteiger partial charge in [0.25, 0.3) is 0 Å².